The first-order chi connectivity index (χ1) is 7.90. The van der Waals surface area contributed by atoms with Gasteiger partial charge in [-0.15, -0.1) is 0 Å². The summed E-state index contributed by atoms with van der Waals surface area (Å²) in [5.74, 6) is 0.333. The van der Waals surface area contributed by atoms with Crippen LogP contribution in [0.15, 0.2) is 0 Å². The molecule has 5 heteroatoms. The lowest BCUT2D eigenvalue weighted by molar-refractivity contribution is -0.176. The van der Waals surface area contributed by atoms with Gasteiger partial charge >= 0.3 is 6.18 Å². The summed E-state index contributed by atoms with van der Waals surface area (Å²) in [6, 6.07) is 0.0113. The van der Waals surface area contributed by atoms with E-state index in [2.05, 4.69) is 12.2 Å². The van der Waals surface area contributed by atoms with E-state index in [1.54, 1.807) is 0 Å². The standard InChI is InChI=1S/C12H24F3NO/c1-4-6-10(3)11(16-7-5-2)8-17-9-12(13,14)15/h10-11,16H,4-9H2,1-3H3. The van der Waals surface area contributed by atoms with Crippen molar-refractivity contribution < 1.29 is 17.9 Å². The van der Waals surface area contributed by atoms with Crippen LogP contribution in [0.3, 0.4) is 0 Å². The molecule has 2 nitrogen and oxygen atoms in total. The fourth-order valence-electron chi connectivity index (χ4n) is 1.71. The molecule has 0 aromatic rings. The first-order valence-corrected chi connectivity index (χ1v) is 6.28. The van der Waals surface area contributed by atoms with E-state index < -0.39 is 12.8 Å². The van der Waals surface area contributed by atoms with E-state index in [1.807, 2.05) is 13.8 Å². The molecule has 104 valence electrons. The zero-order chi connectivity index (χ0) is 13.3. The number of nitrogens with one attached hydrogen (secondary N) is 1. The molecule has 0 rings (SSSR count). The molecule has 0 amide bonds. The van der Waals surface area contributed by atoms with E-state index in [1.165, 1.54) is 0 Å². The topological polar surface area (TPSA) is 21.3 Å². The van der Waals surface area contributed by atoms with Crippen molar-refractivity contribution in [2.24, 2.45) is 5.92 Å². The molecule has 2 unspecified atom stereocenters. The Morgan fingerprint density at radius 2 is 1.82 bits per heavy atom. The maximum absolute atomic E-state index is 12.0. The van der Waals surface area contributed by atoms with Gasteiger partial charge < -0.3 is 10.1 Å². The van der Waals surface area contributed by atoms with Crippen molar-refractivity contribution in [2.45, 2.75) is 52.3 Å². The Morgan fingerprint density at radius 1 is 1.18 bits per heavy atom. The van der Waals surface area contributed by atoms with Gasteiger partial charge in [-0.25, -0.2) is 0 Å². The predicted octanol–water partition coefficient (Wildman–Crippen LogP) is 3.37. The van der Waals surface area contributed by atoms with Crippen LogP contribution in [0.2, 0.25) is 0 Å². The molecule has 0 fully saturated rings. The third-order valence-corrected chi connectivity index (χ3v) is 2.65. The van der Waals surface area contributed by atoms with Gasteiger partial charge in [0.25, 0.3) is 0 Å². The van der Waals surface area contributed by atoms with Gasteiger partial charge in [0.2, 0.25) is 0 Å². The monoisotopic (exact) mass is 255 g/mol. The van der Waals surface area contributed by atoms with Crippen LogP contribution in [0.5, 0.6) is 0 Å². The quantitative estimate of drug-likeness (QED) is 0.682. The van der Waals surface area contributed by atoms with Gasteiger partial charge in [-0.3, -0.25) is 0 Å². The molecule has 0 spiro atoms. The largest absolute Gasteiger partial charge is 0.411 e. The Balaban J connectivity index is 4.00. The van der Waals surface area contributed by atoms with Gasteiger partial charge in [0, 0.05) is 6.04 Å². The molecule has 0 aromatic carbocycles. The third kappa shape index (κ3) is 9.41. The van der Waals surface area contributed by atoms with Crippen molar-refractivity contribution >= 4 is 0 Å². The Bertz CT molecular complexity index is 185. The van der Waals surface area contributed by atoms with Crippen molar-refractivity contribution in [3.8, 4) is 0 Å². The molecule has 0 aliphatic carbocycles. The SMILES string of the molecule is CCCNC(COCC(F)(F)F)C(C)CCC. The summed E-state index contributed by atoms with van der Waals surface area (Å²) >= 11 is 0. The number of rotatable bonds is 9. The maximum Gasteiger partial charge on any atom is 0.411 e. The molecule has 17 heavy (non-hydrogen) atoms. The minimum atomic E-state index is -4.23. The number of halogens is 3. The van der Waals surface area contributed by atoms with E-state index in [0.717, 1.165) is 25.8 Å². The van der Waals surface area contributed by atoms with E-state index in [-0.39, 0.29) is 12.6 Å². The summed E-state index contributed by atoms with van der Waals surface area (Å²) in [4.78, 5) is 0. The van der Waals surface area contributed by atoms with Crippen LogP contribution in [0, 0.1) is 5.92 Å². The number of hydrogen-bond acceptors (Lipinski definition) is 2. The second-order valence-electron chi connectivity index (χ2n) is 4.46. The zero-order valence-corrected chi connectivity index (χ0v) is 10.9. The summed E-state index contributed by atoms with van der Waals surface area (Å²) < 4.78 is 40.6. The maximum atomic E-state index is 12.0. The lowest BCUT2D eigenvalue weighted by Crippen LogP contribution is -2.40. The normalized spacial score (nSPS) is 15.9. The molecule has 1 N–H and O–H groups in total. The Hall–Kier alpha value is -0.290. The highest BCUT2D eigenvalue weighted by Crippen LogP contribution is 2.16. The van der Waals surface area contributed by atoms with Crippen LogP contribution in [0.25, 0.3) is 0 Å². The van der Waals surface area contributed by atoms with Crippen LogP contribution in [-0.2, 0) is 4.74 Å². The molecule has 0 aliphatic rings. The van der Waals surface area contributed by atoms with Crippen molar-refractivity contribution in [3.05, 3.63) is 0 Å². The van der Waals surface area contributed by atoms with Gasteiger partial charge in [0.15, 0.2) is 0 Å². The number of ether oxygens (including phenoxy) is 1. The van der Waals surface area contributed by atoms with Crippen LogP contribution in [-0.4, -0.2) is 32.0 Å². The van der Waals surface area contributed by atoms with E-state index in [4.69, 9.17) is 4.74 Å². The average Bonchev–Trinajstić information content (AvgIpc) is 2.21. The van der Waals surface area contributed by atoms with E-state index in [0.29, 0.717) is 5.92 Å². The van der Waals surface area contributed by atoms with Crippen molar-refractivity contribution in [1.82, 2.24) is 5.32 Å². The van der Waals surface area contributed by atoms with Crippen LogP contribution in [0.4, 0.5) is 13.2 Å². The third-order valence-electron chi connectivity index (χ3n) is 2.65. The fourth-order valence-corrected chi connectivity index (χ4v) is 1.71. The van der Waals surface area contributed by atoms with Crippen LogP contribution in [0.1, 0.15) is 40.0 Å². The summed E-state index contributed by atoms with van der Waals surface area (Å²) in [6.07, 6.45) is -1.24. The molecule has 0 saturated carbocycles. The highest BCUT2D eigenvalue weighted by atomic mass is 19.4. The first kappa shape index (κ1) is 16.7. The summed E-state index contributed by atoms with van der Waals surface area (Å²) in [7, 11) is 0. The molecule has 0 radical (unpaired) electrons. The van der Waals surface area contributed by atoms with Crippen LogP contribution < -0.4 is 5.32 Å². The van der Waals surface area contributed by atoms with Crippen molar-refractivity contribution in [3.63, 3.8) is 0 Å². The Labute approximate surface area is 102 Å². The van der Waals surface area contributed by atoms with Gasteiger partial charge in [0.05, 0.1) is 6.61 Å². The minimum Gasteiger partial charge on any atom is -0.370 e. The molecule has 0 aliphatic heterocycles. The molecule has 0 bridgehead atoms. The lowest BCUT2D eigenvalue weighted by atomic mass is 9.97. The van der Waals surface area contributed by atoms with Crippen LogP contribution >= 0.6 is 0 Å². The molecule has 2 atom stereocenters. The fraction of sp³-hybridized carbons (Fsp3) is 1.00. The molecular formula is C12H24F3NO. The van der Waals surface area contributed by atoms with Crippen molar-refractivity contribution in [1.29, 1.82) is 0 Å². The minimum absolute atomic E-state index is 0.0113. The predicted molar refractivity (Wildman–Crippen MR) is 63.0 cm³/mol. The average molecular weight is 255 g/mol. The van der Waals surface area contributed by atoms with Gasteiger partial charge in [-0.05, 0) is 25.3 Å². The molecule has 0 aromatic heterocycles. The summed E-state index contributed by atoms with van der Waals surface area (Å²) in [5, 5.41) is 3.25. The van der Waals surface area contributed by atoms with Crippen molar-refractivity contribution in [2.75, 3.05) is 19.8 Å². The van der Waals surface area contributed by atoms with Gasteiger partial charge in [-0.2, -0.15) is 13.2 Å². The van der Waals surface area contributed by atoms with Gasteiger partial charge in [0.1, 0.15) is 6.61 Å². The van der Waals surface area contributed by atoms with E-state index in [9.17, 15) is 13.2 Å². The second kappa shape index (κ2) is 8.75. The molecule has 0 saturated heterocycles. The summed E-state index contributed by atoms with van der Waals surface area (Å²) in [5.41, 5.74) is 0. The highest BCUT2D eigenvalue weighted by Gasteiger charge is 2.28. The number of alkyl halides is 3. The smallest absolute Gasteiger partial charge is 0.370 e. The van der Waals surface area contributed by atoms with Gasteiger partial charge in [-0.1, -0.05) is 27.2 Å². The molecule has 0 heterocycles. The first-order valence-electron chi connectivity index (χ1n) is 6.28. The molecular weight excluding hydrogens is 231 g/mol. The second-order valence-corrected chi connectivity index (χ2v) is 4.46. The Morgan fingerprint density at radius 3 is 2.29 bits per heavy atom. The highest BCUT2D eigenvalue weighted by molar-refractivity contribution is 4.73. The Kier molecular flexibility index (Phi) is 8.60. The zero-order valence-electron chi connectivity index (χ0n) is 10.9. The lowest BCUT2D eigenvalue weighted by Gasteiger charge is -2.25. The summed E-state index contributed by atoms with van der Waals surface area (Å²) in [6.45, 7) is 5.94. The number of hydrogen-bond donors (Lipinski definition) is 1. The van der Waals surface area contributed by atoms with E-state index >= 15 is 0 Å².